The van der Waals surface area contributed by atoms with E-state index < -0.39 is 12.2 Å². The maximum atomic E-state index is 14.2. The van der Waals surface area contributed by atoms with Crippen LogP contribution in [0.1, 0.15) is 62.6 Å². The van der Waals surface area contributed by atoms with E-state index in [-0.39, 0.29) is 36.4 Å². The summed E-state index contributed by atoms with van der Waals surface area (Å²) in [6.07, 6.45) is 7.44. The van der Waals surface area contributed by atoms with Crippen LogP contribution in [-0.2, 0) is 30.8 Å². The van der Waals surface area contributed by atoms with Gasteiger partial charge in [0.25, 0.3) is 11.5 Å². The van der Waals surface area contributed by atoms with E-state index in [0.29, 0.717) is 57.5 Å². The Morgan fingerprint density at radius 1 is 0.978 bits per heavy atom. The zero-order valence-corrected chi connectivity index (χ0v) is 27.8. The van der Waals surface area contributed by atoms with Gasteiger partial charge in [0.15, 0.2) is 5.76 Å². The predicted molar refractivity (Wildman–Crippen MR) is 175 cm³/mol. The average molecular weight is 641 g/mol. The van der Waals surface area contributed by atoms with E-state index in [4.69, 9.17) is 24.1 Å². The summed E-state index contributed by atoms with van der Waals surface area (Å²) in [5.74, 6) is -0.575. The van der Waals surface area contributed by atoms with Crippen molar-refractivity contribution in [2.75, 3.05) is 65.8 Å². The largest absolute Gasteiger partial charge is 0.459 e. The van der Waals surface area contributed by atoms with Crippen LogP contribution in [0.5, 0.6) is 0 Å². The fraction of sp³-hybridized carbons (Fsp3) is 0.657. The third-order valence-electron chi connectivity index (χ3n) is 9.72. The van der Waals surface area contributed by atoms with Gasteiger partial charge in [-0.05, 0) is 77.2 Å². The van der Waals surface area contributed by atoms with Crippen molar-refractivity contribution >= 4 is 5.91 Å². The van der Waals surface area contributed by atoms with E-state index in [1.807, 2.05) is 66.9 Å². The summed E-state index contributed by atoms with van der Waals surface area (Å²) in [5.41, 5.74) is 2.11. The first-order valence-electron chi connectivity index (χ1n) is 17.1. The van der Waals surface area contributed by atoms with Gasteiger partial charge in [-0.15, -0.1) is 0 Å². The second-order valence-corrected chi connectivity index (χ2v) is 12.5. The molecule has 0 radical (unpaired) electrons. The highest BCUT2D eigenvalue weighted by atomic mass is 16.7. The van der Waals surface area contributed by atoms with Gasteiger partial charge in [-0.1, -0.05) is 24.6 Å². The van der Waals surface area contributed by atoms with E-state index in [9.17, 15) is 9.59 Å². The van der Waals surface area contributed by atoms with Gasteiger partial charge in [0.1, 0.15) is 0 Å². The van der Waals surface area contributed by atoms with Gasteiger partial charge in [-0.3, -0.25) is 14.3 Å². The number of hydrogen-bond donors (Lipinski definition) is 1. The second-order valence-electron chi connectivity index (χ2n) is 12.5. The minimum absolute atomic E-state index is 0.0299. The number of aliphatic hydroxyl groups is 1. The lowest BCUT2D eigenvalue weighted by molar-refractivity contribution is -0.172. The zero-order chi connectivity index (χ0) is 32.5. The monoisotopic (exact) mass is 640 g/mol. The van der Waals surface area contributed by atoms with Crippen molar-refractivity contribution < 1.29 is 28.8 Å². The van der Waals surface area contributed by atoms with Gasteiger partial charge in [0.05, 0.1) is 32.1 Å². The first-order valence-corrected chi connectivity index (χ1v) is 17.1. The standard InChI is InChI=1S/C35H52N4O7/c1-4-45-35-29(15-21-43-23-24-44-22-20-40)30(32-26(2)36(3)39(34(32)42)28-11-7-5-8-12-28)25-31(46-35)33(41)38-18-13-27(14-19-38)37-16-9-6-10-17-37/h5,7-8,11-12,25,27,29-30,35,40H,4,6,9-10,13-24H2,1-3H3/t29-,30-,35+/m1/s1. The maximum Gasteiger partial charge on any atom is 0.288 e. The first-order chi connectivity index (χ1) is 22.4. The number of rotatable bonds is 14. The summed E-state index contributed by atoms with van der Waals surface area (Å²) >= 11 is 0. The van der Waals surface area contributed by atoms with Gasteiger partial charge >= 0.3 is 0 Å². The molecule has 11 heteroatoms. The predicted octanol–water partition coefficient (Wildman–Crippen LogP) is 3.35. The van der Waals surface area contributed by atoms with Crippen LogP contribution >= 0.6 is 0 Å². The number of aromatic nitrogens is 2. The van der Waals surface area contributed by atoms with Crippen LogP contribution in [0.25, 0.3) is 5.69 Å². The fourth-order valence-electron chi connectivity index (χ4n) is 7.22. The highest BCUT2D eigenvalue weighted by Gasteiger charge is 2.42. The summed E-state index contributed by atoms with van der Waals surface area (Å²) in [4.78, 5) is 32.8. The maximum absolute atomic E-state index is 14.2. The van der Waals surface area contributed by atoms with E-state index >= 15 is 0 Å². The molecule has 1 aromatic carbocycles. The lowest BCUT2D eigenvalue weighted by Crippen LogP contribution is -2.49. The number of nitrogens with zero attached hydrogens (tertiary/aromatic N) is 4. The minimum Gasteiger partial charge on any atom is -0.459 e. The highest BCUT2D eigenvalue weighted by Crippen LogP contribution is 2.40. The molecule has 3 aliphatic rings. The van der Waals surface area contributed by atoms with E-state index in [0.717, 1.165) is 37.3 Å². The molecule has 3 atom stereocenters. The number of para-hydroxylation sites is 1. The van der Waals surface area contributed by atoms with Crippen LogP contribution in [0.2, 0.25) is 0 Å². The van der Waals surface area contributed by atoms with Crippen molar-refractivity contribution in [3.05, 3.63) is 63.8 Å². The Morgan fingerprint density at radius 2 is 1.67 bits per heavy atom. The number of ether oxygens (including phenoxy) is 4. The molecular formula is C35H52N4O7. The van der Waals surface area contributed by atoms with E-state index in [1.54, 1.807) is 4.68 Å². The molecule has 11 nitrogen and oxygen atoms in total. The summed E-state index contributed by atoms with van der Waals surface area (Å²) in [6, 6.07) is 10.1. The Labute approximate surface area is 272 Å². The SMILES string of the molecule is CCO[C@H]1OC(C(=O)N2CCC(N3CCCCC3)CC2)=C[C@@H](c2c(C)n(C)n(-c3ccccc3)c2=O)[C@H]1CCOCCOCCO. The number of carbonyl (C=O) groups excluding carboxylic acids is 1. The normalized spacial score (nSPS) is 22.9. The third kappa shape index (κ3) is 7.94. The van der Waals surface area contributed by atoms with Crippen LogP contribution in [0.15, 0.2) is 47.0 Å². The topological polar surface area (TPSA) is 108 Å². The van der Waals surface area contributed by atoms with E-state index in [2.05, 4.69) is 4.90 Å². The lowest BCUT2D eigenvalue weighted by atomic mass is 9.81. The van der Waals surface area contributed by atoms with Crippen molar-refractivity contribution in [2.45, 2.75) is 70.6 Å². The molecule has 0 aliphatic carbocycles. The average Bonchev–Trinajstić information content (AvgIpc) is 3.31. The zero-order valence-electron chi connectivity index (χ0n) is 27.8. The number of likely N-dealkylation sites (tertiary alicyclic amines) is 2. The molecule has 1 aromatic heterocycles. The van der Waals surface area contributed by atoms with Gasteiger partial charge in [0, 0.05) is 62.5 Å². The Bertz CT molecular complexity index is 1340. The van der Waals surface area contributed by atoms with Gasteiger partial charge in [-0.25, -0.2) is 4.68 Å². The number of aliphatic hydroxyl groups excluding tert-OH is 1. The molecule has 2 saturated heterocycles. The molecule has 0 unspecified atom stereocenters. The molecule has 2 fully saturated rings. The number of amides is 1. The van der Waals surface area contributed by atoms with Crippen molar-refractivity contribution in [1.29, 1.82) is 0 Å². The van der Waals surface area contributed by atoms with Crippen molar-refractivity contribution in [1.82, 2.24) is 19.2 Å². The van der Waals surface area contributed by atoms with Crippen molar-refractivity contribution in [3.8, 4) is 5.69 Å². The van der Waals surface area contributed by atoms with Crippen LogP contribution < -0.4 is 5.56 Å². The summed E-state index contributed by atoms with van der Waals surface area (Å²) < 4.78 is 27.3. The molecule has 5 rings (SSSR count). The summed E-state index contributed by atoms with van der Waals surface area (Å²) in [6.45, 7) is 9.35. The van der Waals surface area contributed by atoms with Crippen molar-refractivity contribution in [2.24, 2.45) is 13.0 Å². The van der Waals surface area contributed by atoms with Gasteiger partial charge in [0.2, 0.25) is 6.29 Å². The van der Waals surface area contributed by atoms with Gasteiger partial charge in [-0.2, -0.15) is 0 Å². The van der Waals surface area contributed by atoms with Crippen molar-refractivity contribution in [3.63, 3.8) is 0 Å². The molecule has 0 bridgehead atoms. The summed E-state index contributed by atoms with van der Waals surface area (Å²) in [5, 5.41) is 8.95. The second kappa shape index (κ2) is 16.7. The molecule has 1 amide bonds. The van der Waals surface area contributed by atoms with E-state index in [1.165, 1.54) is 19.3 Å². The number of hydrogen-bond acceptors (Lipinski definition) is 8. The number of benzene rings is 1. The number of allylic oxidation sites excluding steroid dienone is 1. The fourth-order valence-corrected chi connectivity index (χ4v) is 7.22. The Morgan fingerprint density at radius 3 is 2.35 bits per heavy atom. The molecule has 1 N–H and O–H groups in total. The molecule has 2 aromatic rings. The molecule has 4 heterocycles. The van der Waals surface area contributed by atoms with Crippen LogP contribution in [-0.4, -0.2) is 108 Å². The quantitative estimate of drug-likeness (QED) is 0.314. The Balaban J connectivity index is 1.42. The Hall–Kier alpha value is -2.96. The molecule has 3 aliphatic heterocycles. The smallest absolute Gasteiger partial charge is 0.288 e. The minimum atomic E-state index is -0.719. The first kappa shape index (κ1) is 34.4. The molecule has 0 saturated carbocycles. The molecule has 254 valence electrons. The van der Waals surface area contributed by atoms with Gasteiger partial charge < -0.3 is 33.9 Å². The van der Waals surface area contributed by atoms with Crippen LogP contribution in [0.4, 0.5) is 0 Å². The number of piperidine rings is 2. The molecule has 46 heavy (non-hydrogen) atoms. The number of carbonyl (C=O) groups is 1. The Kier molecular flexibility index (Phi) is 12.5. The highest BCUT2D eigenvalue weighted by molar-refractivity contribution is 5.92. The van der Waals surface area contributed by atoms with Crippen LogP contribution in [0.3, 0.4) is 0 Å². The van der Waals surface area contributed by atoms with Crippen LogP contribution in [0, 0.1) is 12.8 Å². The third-order valence-corrected chi connectivity index (χ3v) is 9.72. The lowest BCUT2D eigenvalue weighted by Gasteiger charge is -2.41. The molecule has 0 spiro atoms. The summed E-state index contributed by atoms with van der Waals surface area (Å²) in [7, 11) is 1.89. The molecular weight excluding hydrogens is 588 g/mol.